The van der Waals surface area contributed by atoms with Gasteiger partial charge in [0, 0.05) is 18.7 Å². The summed E-state index contributed by atoms with van der Waals surface area (Å²) < 4.78 is 0. The van der Waals surface area contributed by atoms with Crippen molar-refractivity contribution in [2.75, 3.05) is 6.54 Å². The van der Waals surface area contributed by atoms with Crippen molar-refractivity contribution in [3.63, 3.8) is 0 Å². The minimum absolute atomic E-state index is 0.0247. The molecule has 0 aliphatic carbocycles. The molecule has 1 aromatic carbocycles. The molecule has 108 valence electrons. The summed E-state index contributed by atoms with van der Waals surface area (Å²) in [7, 11) is 0. The molecule has 4 nitrogen and oxygen atoms in total. The molecule has 0 fully saturated rings. The first kappa shape index (κ1) is 16.0. The number of amides is 1. The Morgan fingerprint density at radius 2 is 1.95 bits per heavy atom. The van der Waals surface area contributed by atoms with Crippen molar-refractivity contribution in [1.82, 2.24) is 4.90 Å². The monoisotopic (exact) mass is 275 g/mol. The molecule has 0 aromatic heterocycles. The molecule has 0 saturated carbocycles. The van der Waals surface area contributed by atoms with Crippen LogP contribution in [0.5, 0.6) is 0 Å². The quantitative estimate of drug-likeness (QED) is 0.812. The number of hydrogen-bond donors (Lipinski definition) is 1. The molecule has 0 heterocycles. The van der Waals surface area contributed by atoms with E-state index in [0.29, 0.717) is 0 Å². The zero-order valence-electron chi connectivity index (χ0n) is 12.2. The van der Waals surface area contributed by atoms with Gasteiger partial charge in [-0.25, -0.2) is 0 Å². The zero-order valence-corrected chi connectivity index (χ0v) is 12.2. The highest BCUT2D eigenvalue weighted by Gasteiger charge is 2.15. The summed E-state index contributed by atoms with van der Waals surface area (Å²) in [5.74, 6) is -1.06. The third-order valence-corrected chi connectivity index (χ3v) is 3.07. The third kappa shape index (κ3) is 4.88. The van der Waals surface area contributed by atoms with Gasteiger partial charge in [0.15, 0.2) is 0 Å². The van der Waals surface area contributed by atoms with Crippen molar-refractivity contribution in [3.05, 3.63) is 41.5 Å². The number of nitrogens with zero attached hydrogens (tertiary/aromatic N) is 1. The van der Waals surface area contributed by atoms with Gasteiger partial charge in [-0.15, -0.1) is 0 Å². The lowest BCUT2D eigenvalue weighted by Gasteiger charge is -2.24. The fraction of sp³-hybridized carbons (Fsp3) is 0.375. The number of rotatable bonds is 6. The molecule has 20 heavy (non-hydrogen) atoms. The van der Waals surface area contributed by atoms with E-state index in [1.165, 1.54) is 6.08 Å². The number of carbonyl (C=O) groups is 2. The van der Waals surface area contributed by atoms with Gasteiger partial charge in [0.2, 0.25) is 5.91 Å². The van der Waals surface area contributed by atoms with Gasteiger partial charge in [-0.1, -0.05) is 24.3 Å². The summed E-state index contributed by atoms with van der Waals surface area (Å²) in [6.45, 7) is 5.96. The van der Waals surface area contributed by atoms with Crippen LogP contribution in [-0.2, 0) is 9.59 Å². The highest BCUT2D eigenvalue weighted by molar-refractivity contribution is 5.92. The molecule has 1 amide bonds. The Hall–Kier alpha value is -2.10. The Balaban J connectivity index is 2.76. The van der Waals surface area contributed by atoms with Crippen molar-refractivity contribution in [2.24, 2.45) is 0 Å². The number of aryl methyl sites for hydroxylation is 1. The molecule has 1 N–H and O–H groups in total. The third-order valence-electron chi connectivity index (χ3n) is 3.07. The molecule has 4 heteroatoms. The summed E-state index contributed by atoms with van der Waals surface area (Å²) >= 11 is 0. The van der Waals surface area contributed by atoms with E-state index >= 15 is 0 Å². The lowest BCUT2D eigenvalue weighted by Crippen LogP contribution is -2.37. The summed E-state index contributed by atoms with van der Waals surface area (Å²) in [4.78, 5) is 24.3. The Labute approximate surface area is 119 Å². The van der Waals surface area contributed by atoms with Gasteiger partial charge in [0.05, 0.1) is 6.42 Å². The van der Waals surface area contributed by atoms with Crippen LogP contribution in [0.2, 0.25) is 0 Å². The van der Waals surface area contributed by atoms with E-state index in [4.69, 9.17) is 5.11 Å². The van der Waals surface area contributed by atoms with Crippen LogP contribution >= 0.6 is 0 Å². The Morgan fingerprint density at radius 1 is 1.30 bits per heavy atom. The first-order chi connectivity index (χ1) is 9.41. The van der Waals surface area contributed by atoms with Gasteiger partial charge in [-0.05, 0) is 38.0 Å². The lowest BCUT2D eigenvalue weighted by molar-refractivity contribution is -0.138. The molecule has 0 aliphatic rings. The topological polar surface area (TPSA) is 57.6 Å². The van der Waals surface area contributed by atoms with E-state index in [1.807, 2.05) is 45.0 Å². The number of carboxylic acid groups (broad SMARTS) is 1. The van der Waals surface area contributed by atoms with E-state index in [2.05, 4.69) is 0 Å². The summed E-state index contributed by atoms with van der Waals surface area (Å²) in [5.41, 5.74) is 2.08. The minimum atomic E-state index is -0.897. The maximum absolute atomic E-state index is 12.1. The minimum Gasteiger partial charge on any atom is -0.481 e. The highest BCUT2D eigenvalue weighted by Crippen LogP contribution is 2.10. The molecule has 1 rings (SSSR count). The van der Waals surface area contributed by atoms with Gasteiger partial charge in [-0.3, -0.25) is 9.59 Å². The van der Waals surface area contributed by atoms with E-state index in [0.717, 1.165) is 11.1 Å². The van der Waals surface area contributed by atoms with Crippen molar-refractivity contribution in [3.8, 4) is 0 Å². The largest absolute Gasteiger partial charge is 0.481 e. The smallest absolute Gasteiger partial charge is 0.305 e. The van der Waals surface area contributed by atoms with Gasteiger partial charge < -0.3 is 10.0 Å². The summed E-state index contributed by atoms with van der Waals surface area (Å²) in [6, 6.07) is 7.76. The molecular weight excluding hydrogens is 254 g/mol. The van der Waals surface area contributed by atoms with Crippen LogP contribution in [0.4, 0.5) is 0 Å². The highest BCUT2D eigenvalue weighted by atomic mass is 16.4. The second-order valence-corrected chi connectivity index (χ2v) is 4.96. The average Bonchev–Trinajstić information content (AvgIpc) is 2.37. The fourth-order valence-corrected chi connectivity index (χ4v) is 1.87. The lowest BCUT2D eigenvalue weighted by atomic mass is 10.1. The van der Waals surface area contributed by atoms with Gasteiger partial charge in [0.1, 0.15) is 0 Å². The number of hydrogen-bond acceptors (Lipinski definition) is 2. The van der Waals surface area contributed by atoms with Crippen molar-refractivity contribution in [2.45, 2.75) is 33.2 Å². The van der Waals surface area contributed by atoms with Crippen LogP contribution in [0.15, 0.2) is 30.3 Å². The Bertz CT molecular complexity index is 506. The second kappa shape index (κ2) is 7.48. The molecule has 0 atom stereocenters. The van der Waals surface area contributed by atoms with E-state index in [9.17, 15) is 9.59 Å². The van der Waals surface area contributed by atoms with Gasteiger partial charge in [-0.2, -0.15) is 0 Å². The van der Waals surface area contributed by atoms with Crippen LogP contribution in [0.25, 0.3) is 6.08 Å². The normalized spacial score (nSPS) is 11.0. The maximum atomic E-state index is 12.1. The number of carbonyl (C=O) groups excluding carboxylic acids is 1. The number of benzene rings is 1. The van der Waals surface area contributed by atoms with Crippen LogP contribution in [0.3, 0.4) is 0 Å². The van der Waals surface area contributed by atoms with Gasteiger partial charge >= 0.3 is 5.97 Å². The van der Waals surface area contributed by atoms with E-state index in [-0.39, 0.29) is 24.9 Å². The molecule has 0 unspecified atom stereocenters. The van der Waals surface area contributed by atoms with Crippen molar-refractivity contribution in [1.29, 1.82) is 0 Å². The zero-order chi connectivity index (χ0) is 15.1. The Morgan fingerprint density at radius 3 is 2.50 bits per heavy atom. The molecule has 0 radical (unpaired) electrons. The molecule has 0 saturated heterocycles. The predicted molar refractivity (Wildman–Crippen MR) is 79.3 cm³/mol. The Kier molecular flexibility index (Phi) is 5.97. The molecule has 0 bridgehead atoms. The summed E-state index contributed by atoms with van der Waals surface area (Å²) in [6.07, 6.45) is 3.24. The van der Waals surface area contributed by atoms with E-state index in [1.54, 1.807) is 11.0 Å². The van der Waals surface area contributed by atoms with Crippen LogP contribution in [0.1, 0.15) is 31.4 Å². The van der Waals surface area contributed by atoms with E-state index < -0.39 is 5.97 Å². The fourth-order valence-electron chi connectivity index (χ4n) is 1.87. The molecule has 1 aromatic rings. The summed E-state index contributed by atoms with van der Waals surface area (Å²) in [5, 5.41) is 8.71. The molecular formula is C16H21NO3. The SMILES string of the molecule is Cc1ccccc1/C=C/C(=O)N(CCC(=O)O)C(C)C. The van der Waals surface area contributed by atoms with Crippen molar-refractivity contribution < 1.29 is 14.7 Å². The first-order valence-electron chi connectivity index (χ1n) is 6.68. The van der Waals surface area contributed by atoms with Gasteiger partial charge in [0.25, 0.3) is 0 Å². The van der Waals surface area contributed by atoms with Crippen LogP contribution in [0, 0.1) is 6.92 Å². The first-order valence-corrected chi connectivity index (χ1v) is 6.68. The number of aliphatic carboxylic acids is 1. The maximum Gasteiger partial charge on any atom is 0.305 e. The van der Waals surface area contributed by atoms with Crippen LogP contribution in [-0.4, -0.2) is 34.5 Å². The predicted octanol–water partition coefficient (Wildman–Crippen LogP) is 2.72. The second-order valence-electron chi connectivity index (χ2n) is 4.96. The molecule has 0 aliphatic heterocycles. The number of carboxylic acids is 1. The van der Waals surface area contributed by atoms with Crippen LogP contribution < -0.4 is 0 Å². The van der Waals surface area contributed by atoms with Crippen molar-refractivity contribution >= 4 is 18.0 Å². The molecule has 0 spiro atoms. The average molecular weight is 275 g/mol. The standard InChI is InChI=1S/C16H21NO3/c1-12(2)17(11-10-16(19)20)15(18)9-8-14-7-5-4-6-13(14)3/h4-9,12H,10-11H2,1-3H3,(H,19,20)/b9-8+.